The Kier molecular flexibility index (Phi) is 23.3. The largest absolute Gasteiger partial charge is 0.500 e. The third-order valence-electron chi connectivity index (χ3n) is 7.32. The van der Waals surface area contributed by atoms with Crippen molar-refractivity contribution in [3.8, 4) is 0 Å². The van der Waals surface area contributed by atoms with Crippen molar-refractivity contribution in [2.75, 3.05) is 82.3 Å². The fourth-order valence-corrected chi connectivity index (χ4v) is 7.97. The number of rotatable bonds is 28. The van der Waals surface area contributed by atoms with Crippen molar-refractivity contribution >= 4 is 17.6 Å². The first-order valence-corrected chi connectivity index (χ1v) is 19.1. The molecule has 2 saturated heterocycles. The second-order valence-electron chi connectivity index (χ2n) is 10.4. The van der Waals surface area contributed by atoms with Gasteiger partial charge >= 0.3 is 17.6 Å². The van der Waals surface area contributed by atoms with Crippen molar-refractivity contribution in [3.05, 3.63) is 0 Å². The van der Waals surface area contributed by atoms with Gasteiger partial charge < -0.3 is 45.5 Å². The lowest BCUT2D eigenvalue weighted by Gasteiger charge is -2.24. The quantitative estimate of drug-likeness (QED) is 0.0663. The lowest BCUT2D eigenvalue weighted by molar-refractivity contribution is 0.113. The van der Waals surface area contributed by atoms with Crippen molar-refractivity contribution in [2.45, 2.75) is 101 Å². The standard InChI is InChI=1S/2C14H30O5Si/c2*1-15-20(16-2,17-3)11-9-7-5-4-6-8-10-18-12-14-13-19-14/h2*14H,4-13H2,1-3H3. The fraction of sp³-hybridized carbons (Fsp3) is 1.00. The van der Waals surface area contributed by atoms with Gasteiger partial charge in [-0.1, -0.05) is 51.4 Å². The maximum atomic E-state index is 5.50. The van der Waals surface area contributed by atoms with E-state index in [2.05, 4.69) is 0 Å². The van der Waals surface area contributed by atoms with Gasteiger partial charge in [-0.05, 0) is 25.7 Å². The van der Waals surface area contributed by atoms with E-state index in [0.29, 0.717) is 12.2 Å². The second kappa shape index (κ2) is 24.5. The van der Waals surface area contributed by atoms with Gasteiger partial charge in [-0.25, -0.2) is 0 Å². The molecular weight excluding hydrogens is 552 g/mol. The van der Waals surface area contributed by atoms with Gasteiger partial charge in [0, 0.05) is 68.0 Å². The van der Waals surface area contributed by atoms with Crippen LogP contribution in [-0.4, -0.2) is 112 Å². The molecule has 2 heterocycles. The zero-order chi connectivity index (χ0) is 29.4. The summed E-state index contributed by atoms with van der Waals surface area (Å²) in [5, 5.41) is 0. The summed E-state index contributed by atoms with van der Waals surface area (Å²) in [6.07, 6.45) is 15.3. The van der Waals surface area contributed by atoms with Gasteiger partial charge in [0.25, 0.3) is 0 Å². The highest BCUT2D eigenvalue weighted by Crippen LogP contribution is 2.19. The lowest BCUT2D eigenvalue weighted by Crippen LogP contribution is -2.42. The van der Waals surface area contributed by atoms with E-state index in [-0.39, 0.29) is 0 Å². The molecule has 0 spiro atoms. The van der Waals surface area contributed by atoms with E-state index in [0.717, 1.165) is 77.4 Å². The van der Waals surface area contributed by atoms with Gasteiger partial charge in [0.2, 0.25) is 0 Å². The molecule has 2 rings (SSSR count). The summed E-state index contributed by atoms with van der Waals surface area (Å²) < 4.78 is 53.6. The molecule has 0 saturated carbocycles. The van der Waals surface area contributed by atoms with Crippen LogP contribution in [0, 0.1) is 0 Å². The summed E-state index contributed by atoms with van der Waals surface area (Å²) in [5.74, 6) is 0. The van der Waals surface area contributed by atoms with Crippen molar-refractivity contribution in [3.63, 3.8) is 0 Å². The molecule has 0 N–H and O–H groups in total. The van der Waals surface area contributed by atoms with Crippen molar-refractivity contribution in [2.24, 2.45) is 0 Å². The Balaban J connectivity index is 0.000000400. The summed E-state index contributed by atoms with van der Waals surface area (Å²) in [6, 6.07) is 1.81. The van der Waals surface area contributed by atoms with Gasteiger partial charge in [0.05, 0.1) is 26.4 Å². The van der Waals surface area contributed by atoms with E-state index in [1.807, 2.05) is 0 Å². The number of unbranched alkanes of at least 4 members (excludes halogenated alkanes) is 10. The van der Waals surface area contributed by atoms with Gasteiger partial charge in [-0.3, -0.25) is 0 Å². The van der Waals surface area contributed by atoms with Gasteiger partial charge in [0.15, 0.2) is 0 Å². The van der Waals surface area contributed by atoms with Crippen LogP contribution in [0.15, 0.2) is 0 Å². The number of hydrogen-bond acceptors (Lipinski definition) is 10. The predicted molar refractivity (Wildman–Crippen MR) is 160 cm³/mol. The first kappa shape index (κ1) is 38.1. The highest BCUT2D eigenvalue weighted by Gasteiger charge is 2.37. The van der Waals surface area contributed by atoms with E-state index < -0.39 is 17.6 Å². The van der Waals surface area contributed by atoms with Crippen LogP contribution in [0.25, 0.3) is 0 Å². The Morgan fingerprint density at radius 3 is 1.00 bits per heavy atom. The molecule has 10 nitrogen and oxygen atoms in total. The SMILES string of the molecule is CO[Si](CCCCCCCCOCC1CO1)(OC)OC.CO[Si](CCCCCCCCOCC1CO1)(OC)OC. The van der Waals surface area contributed by atoms with Crippen LogP contribution in [0.3, 0.4) is 0 Å². The van der Waals surface area contributed by atoms with Crippen molar-refractivity contribution in [1.82, 2.24) is 0 Å². The highest BCUT2D eigenvalue weighted by molar-refractivity contribution is 6.60. The van der Waals surface area contributed by atoms with Crippen molar-refractivity contribution in [1.29, 1.82) is 0 Å². The Labute approximate surface area is 246 Å². The lowest BCUT2D eigenvalue weighted by atomic mass is 10.1. The summed E-state index contributed by atoms with van der Waals surface area (Å²) >= 11 is 0. The summed E-state index contributed by atoms with van der Waals surface area (Å²) in [4.78, 5) is 0. The van der Waals surface area contributed by atoms with Crippen LogP contribution < -0.4 is 0 Å². The van der Waals surface area contributed by atoms with Gasteiger partial charge in [0.1, 0.15) is 12.2 Å². The summed E-state index contributed by atoms with van der Waals surface area (Å²) in [6.45, 7) is 5.06. The summed E-state index contributed by atoms with van der Waals surface area (Å²) in [5.41, 5.74) is 0. The summed E-state index contributed by atoms with van der Waals surface area (Å²) in [7, 11) is 5.35. The van der Waals surface area contributed by atoms with E-state index in [1.165, 1.54) is 51.4 Å². The highest BCUT2D eigenvalue weighted by atomic mass is 28.4. The molecule has 2 aliphatic rings. The van der Waals surface area contributed by atoms with Crippen LogP contribution in [0.1, 0.15) is 77.0 Å². The third kappa shape index (κ3) is 19.3. The molecule has 0 aromatic carbocycles. The molecule has 0 radical (unpaired) electrons. The number of ether oxygens (including phenoxy) is 4. The second-order valence-corrected chi connectivity index (χ2v) is 16.6. The zero-order valence-corrected chi connectivity index (χ0v) is 28.4. The molecule has 2 unspecified atom stereocenters. The molecule has 240 valence electrons. The molecule has 12 heteroatoms. The van der Waals surface area contributed by atoms with Crippen LogP contribution in [-0.2, 0) is 45.5 Å². The molecule has 0 aliphatic carbocycles. The molecule has 2 atom stereocenters. The first-order valence-electron chi connectivity index (χ1n) is 15.2. The third-order valence-corrected chi connectivity index (χ3v) is 13.0. The van der Waals surface area contributed by atoms with Gasteiger partial charge in [-0.15, -0.1) is 0 Å². The maximum absolute atomic E-state index is 5.50. The van der Waals surface area contributed by atoms with Crippen LogP contribution in [0.4, 0.5) is 0 Å². The molecule has 0 aromatic heterocycles. The minimum absolute atomic E-state index is 0.391. The van der Waals surface area contributed by atoms with E-state index in [9.17, 15) is 0 Å². The van der Waals surface area contributed by atoms with Crippen molar-refractivity contribution < 1.29 is 45.5 Å². The maximum Gasteiger partial charge on any atom is 0.500 e. The van der Waals surface area contributed by atoms with E-state index >= 15 is 0 Å². The monoisotopic (exact) mass is 612 g/mol. The minimum atomic E-state index is -2.34. The molecule has 40 heavy (non-hydrogen) atoms. The molecule has 2 fully saturated rings. The molecule has 0 amide bonds. The predicted octanol–water partition coefficient (Wildman–Crippen LogP) is 5.24. The Morgan fingerprint density at radius 1 is 0.450 bits per heavy atom. The van der Waals surface area contributed by atoms with E-state index in [1.54, 1.807) is 42.7 Å². The number of epoxide rings is 2. The van der Waals surface area contributed by atoms with E-state index in [4.69, 9.17) is 45.5 Å². The van der Waals surface area contributed by atoms with Crippen LogP contribution in [0.2, 0.25) is 12.1 Å². The Bertz CT molecular complexity index is 495. The normalized spacial score (nSPS) is 18.4. The minimum Gasteiger partial charge on any atom is -0.379 e. The Hall–Kier alpha value is 0.0338. The fourth-order valence-electron chi connectivity index (χ4n) is 4.38. The zero-order valence-electron chi connectivity index (χ0n) is 26.4. The van der Waals surface area contributed by atoms with Crippen LogP contribution in [0.5, 0.6) is 0 Å². The average molecular weight is 613 g/mol. The molecule has 0 bridgehead atoms. The Morgan fingerprint density at radius 2 is 0.725 bits per heavy atom. The number of hydrogen-bond donors (Lipinski definition) is 0. The molecular formula is C28H60O10Si2. The smallest absolute Gasteiger partial charge is 0.379 e. The average Bonchev–Trinajstić information content (AvgIpc) is 3.92. The molecule has 0 aromatic rings. The first-order chi connectivity index (χ1) is 19.5. The topological polar surface area (TPSA) is 98.9 Å². The molecule has 2 aliphatic heterocycles. The van der Waals surface area contributed by atoms with Gasteiger partial charge in [-0.2, -0.15) is 0 Å². The van der Waals surface area contributed by atoms with Crippen LogP contribution >= 0.6 is 0 Å².